The van der Waals surface area contributed by atoms with E-state index in [2.05, 4.69) is 4.99 Å². The molecule has 3 rings (SSSR count). The molecule has 0 unspecified atom stereocenters. The summed E-state index contributed by atoms with van der Waals surface area (Å²) in [5, 5.41) is 0. The zero-order chi connectivity index (χ0) is 19.8. The lowest BCUT2D eigenvalue weighted by Gasteiger charge is -2.26. The highest BCUT2D eigenvalue weighted by atomic mass is 32.2. The summed E-state index contributed by atoms with van der Waals surface area (Å²) in [5.41, 5.74) is 1.06. The molecule has 2 amide bonds. The second-order valence-electron chi connectivity index (χ2n) is 6.64. The van der Waals surface area contributed by atoms with Gasteiger partial charge in [0.2, 0.25) is 5.91 Å². The Balaban J connectivity index is 1.63. The van der Waals surface area contributed by atoms with Crippen LogP contribution in [0.3, 0.4) is 0 Å². The minimum atomic E-state index is -0.201. The second-order valence-corrected chi connectivity index (χ2v) is 8.64. The molecule has 1 fully saturated rings. The number of fused-ring (bicyclic) bond motifs is 1. The first-order valence-electron chi connectivity index (χ1n) is 9.78. The molecule has 1 aromatic carbocycles. The van der Waals surface area contributed by atoms with Crippen molar-refractivity contribution in [2.45, 2.75) is 32.7 Å². The summed E-state index contributed by atoms with van der Waals surface area (Å²) in [4.78, 5) is 31.5. The van der Waals surface area contributed by atoms with Gasteiger partial charge in [-0.05, 0) is 38.3 Å². The number of thioether (sulfide) groups is 1. The van der Waals surface area contributed by atoms with Gasteiger partial charge in [-0.3, -0.25) is 9.59 Å². The summed E-state index contributed by atoms with van der Waals surface area (Å²) < 4.78 is 8.61. The van der Waals surface area contributed by atoms with E-state index in [1.54, 1.807) is 0 Å². The summed E-state index contributed by atoms with van der Waals surface area (Å²) in [6, 6.07) is 8.04. The predicted octanol–water partition coefficient (Wildman–Crippen LogP) is 2.91. The van der Waals surface area contributed by atoms with E-state index in [9.17, 15) is 9.59 Å². The Morgan fingerprint density at radius 3 is 2.75 bits per heavy atom. The number of rotatable bonds is 8. The zero-order valence-corrected chi connectivity index (χ0v) is 17.9. The second kappa shape index (κ2) is 10.8. The molecule has 1 aromatic heterocycles. The van der Waals surface area contributed by atoms with Gasteiger partial charge in [-0.25, -0.2) is 0 Å². The minimum absolute atomic E-state index is 0.131. The van der Waals surface area contributed by atoms with Gasteiger partial charge in [-0.2, -0.15) is 4.99 Å². The lowest BCUT2D eigenvalue weighted by molar-refractivity contribution is -0.129. The van der Waals surface area contributed by atoms with Crippen molar-refractivity contribution in [3.05, 3.63) is 29.1 Å². The number of hydrogen-bond acceptors (Lipinski definition) is 5. The van der Waals surface area contributed by atoms with Crippen LogP contribution < -0.4 is 4.80 Å². The molecule has 6 nitrogen and oxygen atoms in total. The van der Waals surface area contributed by atoms with Crippen LogP contribution in [0.5, 0.6) is 0 Å². The van der Waals surface area contributed by atoms with Gasteiger partial charge in [-0.1, -0.05) is 23.5 Å². The molecule has 0 saturated carbocycles. The Morgan fingerprint density at radius 1 is 1.18 bits per heavy atom. The van der Waals surface area contributed by atoms with Crippen LogP contribution in [0, 0.1) is 0 Å². The summed E-state index contributed by atoms with van der Waals surface area (Å²) in [5.74, 6) is 0.497. The number of likely N-dealkylation sites (tertiary alicyclic amines) is 1. The highest BCUT2D eigenvalue weighted by molar-refractivity contribution is 8.00. The Hall–Kier alpha value is -1.64. The van der Waals surface area contributed by atoms with Crippen molar-refractivity contribution in [1.29, 1.82) is 0 Å². The topological polar surface area (TPSA) is 63.9 Å². The molecule has 1 saturated heterocycles. The molecule has 28 heavy (non-hydrogen) atoms. The van der Waals surface area contributed by atoms with Crippen LogP contribution >= 0.6 is 23.1 Å². The molecule has 0 bridgehead atoms. The van der Waals surface area contributed by atoms with E-state index < -0.39 is 0 Å². The highest BCUT2D eigenvalue weighted by Gasteiger charge is 2.16. The molecular weight excluding hydrogens is 394 g/mol. The standard InChI is InChI=1S/C20H27N3O3S2/c1-2-26-13-12-23-16-8-4-5-9-17(16)28-20(23)21-18(24)14-27-15-19(25)22-10-6-3-7-11-22/h4-5,8-9H,2-3,6-7,10-15H2,1H3. The maximum Gasteiger partial charge on any atom is 0.258 e. The molecule has 0 N–H and O–H groups in total. The molecule has 2 heterocycles. The number of hydrogen-bond donors (Lipinski definition) is 0. The third kappa shape index (κ3) is 5.68. The van der Waals surface area contributed by atoms with Crippen molar-refractivity contribution < 1.29 is 14.3 Å². The maximum atomic E-state index is 12.4. The molecule has 1 aliphatic rings. The van der Waals surface area contributed by atoms with Gasteiger partial charge < -0.3 is 14.2 Å². The van der Waals surface area contributed by atoms with Crippen molar-refractivity contribution in [1.82, 2.24) is 9.47 Å². The molecule has 152 valence electrons. The van der Waals surface area contributed by atoms with Crippen LogP contribution in [-0.2, 0) is 20.9 Å². The number of ether oxygens (including phenoxy) is 1. The number of carbonyl (C=O) groups excluding carboxylic acids is 2. The quantitative estimate of drug-likeness (QED) is 0.615. The lowest BCUT2D eigenvalue weighted by atomic mass is 10.1. The number of para-hydroxylation sites is 1. The molecular formula is C20H27N3O3S2. The third-order valence-corrected chi connectivity index (χ3v) is 6.59. The van der Waals surface area contributed by atoms with Gasteiger partial charge in [0.05, 0.1) is 28.3 Å². The van der Waals surface area contributed by atoms with E-state index in [1.165, 1.54) is 29.5 Å². The Morgan fingerprint density at radius 2 is 1.96 bits per heavy atom. The number of nitrogens with zero attached hydrogens (tertiary/aromatic N) is 3. The third-order valence-electron chi connectivity index (χ3n) is 4.63. The fourth-order valence-electron chi connectivity index (χ4n) is 3.22. The van der Waals surface area contributed by atoms with Crippen LogP contribution in [0.1, 0.15) is 26.2 Å². The number of carbonyl (C=O) groups is 2. The van der Waals surface area contributed by atoms with Gasteiger partial charge in [-0.15, -0.1) is 11.8 Å². The Bertz CT molecular complexity index is 869. The first-order chi connectivity index (χ1) is 13.7. The normalized spacial score (nSPS) is 15.3. The average molecular weight is 422 g/mol. The number of piperidine rings is 1. The van der Waals surface area contributed by atoms with Crippen LogP contribution in [0.15, 0.2) is 29.3 Å². The van der Waals surface area contributed by atoms with E-state index >= 15 is 0 Å². The number of aromatic nitrogens is 1. The van der Waals surface area contributed by atoms with E-state index in [4.69, 9.17) is 4.74 Å². The van der Waals surface area contributed by atoms with E-state index in [-0.39, 0.29) is 17.6 Å². The zero-order valence-electron chi connectivity index (χ0n) is 16.3. The molecule has 0 spiro atoms. The van der Waals surface area contributed by atoms with E-state index in [1.807, 2.05) is 40.7 Å². The Kier molecular flexibility index (Phi) is 8.12. The highest BCUT2D eigenvalue weighted by Crippen LogP contribution is 2.17. The fraction of sp³-hybridized carbons (Fsp3) is 0.550. The summed E-state index contributed by atoms with van der Waals surface area (Å²) in [6.07, 6.45) is 3.36. The smallest absolute Gasteiger partial charge is 0.258 e. The number of amides is 2. The minimum Gasteiger partial charge on any atom is -0.380 e. The van der Waals surface area contributed by atoms with Gasteiger partial charge in [0, 0.05) is 26.2 Å². The van der Waals surface area contributed by atoms with Gasteiger partial charge in [0.25, 0.3) is 5.91 Å². The predicted molar refractivity (Wildman–Crippen MR) is 115 cm³/mol. The first kappa shape index (κ1) is 21.1. The van der Waals surface area contributed by atoms with Gasteiger partial charge >= 0.3 is 0 Å². The summed E-state index contributed by atoms with van der Waals surface area (Å²) in [6.45, 7) is 5.56. The first-order valence-corrected chi connectivity index (χ1v) is 11.8. The Labute approximate surface area is 173 Å². The summed E-state index contributed by atoms with van der Waals surface area (Å²) >= 11 is 2.86. The molecule has 2 aromatic rings. The molecule has 0 atom stereocenters. The number of benzene rings is 1. The van der Waals surface area contributed by atoms with Crippen molar-refractivity contribution >= 4 is 45.1 Å². The van der Waals surface area contributed by atoms with Crippen molar-refractivity contribution in [3.8, 4) is 0 Å². The maximum absolute atomic E-state index is 12.4. The van der Waals surface area contributed by atoms with Crippen molar-refractivity contribution in [2.24, 2.45) is 4.99 Å². The van der Waals surface area contributed by atoms with E-state index in [0.29, 0.717) is 30.3 Å². The molecule has 0 aliphatic carbocycles. The van der Waals surface area contributed by atoms with Gasteiger partial charge in [0.15, 0.2) is 4.80 Å². The van der Waals surface area contributed by atoms with Crippen molar-refractivity contribution in [2.75, 3.05) is 37.8 Å². The largest absolute Gasteiger partial charge is 0.380 e. The van der Waals surface area contributed by atoms with Crippen LogP contribution in [0.4, 0.5) is 0 Å². The summed E-state index contributed by atoms with van der Waals surface area (Å²) in [7, 11) is 0. The van der Waals surface area contributed by atoms with Gasteiger partial charge in [0.1, 0.15) is 0 Å². The van der Waals surface area contributed by atoms with Crippen LogP contribution in [0.25, 0.3) is 10.2 Å². The van der Waals surface area contributed by atoms with E-state index in [0.717, 1.165) is 36.1 Å². The molecule has 8 heteroatoms. The number of thiazole rings is 1. The van der Waals surface area contributed by atoms with Crippen molar-refractivity contribution in [3.63, 3.8) is 0 Å². The average Bonchev–Trinajstić information content (AvgIpc) is 3.06. The fourth-order valence-corrected chi connectivity index (χ4v) is 4.99. The lowest BCUT2D eigenvalue weighted by Crippen LogP contribution is -2.36. The molecule has 1 aliphatic heterocycles. The monoisotopic (exact) mass is 421 g/mol. The van der Waals surface area contributed by atoms with Crippen LogP contribution in [0.2, 0.25) is 0 Å². The van der Waals surface area contributed by atoms with Crippen LogP contribution in [-0.4, -0.2) is 59.1 Å². The molecule has 0 radical (unpaired) electrons. The SMILES string of the molecule is CCOCCn1c(=NC(=O)CSCC(=O)N2CCCCC2)sc2ccccc21.